The Kier molecular flexibility index (Phi) is 3.06. The Hall–Kier alpha value is -1.21. The smallest absolute Gasteiger partial charge is 0.00999 e. The highest BCUT2D eigenvalue weighted by atomic mass is 32.3. The largest absolute Gasteiger partial charge is 0.223 e. The number of allylic oxidation sites excluding steroid dienone is 4. The molecule has 1 aliphatic carbocycles. The van der Waals surface area contributed by atoms with Gasteiger partial charge in [0.25, 0.3) is 0 Å². The number of benzene rings is 1. The molecule has 0 heterocycles. The fourth-order valence-electron chi connectivity index (χ4n) is 1.68. The first-order chi connectivity index (χ1) is 7.57. The van der Waals surface area contributed by atoms with E-state index in [1.807, 2.05) is 0 Å². The number of fused-ring (bicyclic) bond motifs is 1. The van der Waals surface area contributed by atoms with E-state index in [2.05, 4.69) is 73.4 Å². The molecule has 16 heavy (non-hydrogen) atoms. The van der Waals surface area contributed by atoms with E-state index in [1.165, 1.54) is 16.0 Å². The highest BCUT2D eigenvalue weighted by Crippen LogP contribution is 2.45. The van der Waals surface area contributed by atoms with Gasteiger partial charge < -0.3 is 0 Å². The van der Waals surface area contributed by atoms with Gasteiger partial charge >= 0.3 is 0 Å². The molecule has 1 aliphatic rings. The molecule has 0 radical (unpaired) electrons. The number of hydrogen-bond acceptors (Lipinski definition) is 0. The lowest BCUT2D eigenvalue weighted by Gasteiger charge is -2.26. The molecule has 0 atom stereocenters. The first kappa shape index (κ1) is 11.3. The third kappa shape index (κ3) is 2.48. The molecule has 0 saturated carbocycles. The molecule has 0 unspecified atom stereocenters. The summed E-state index contributed by atoms with van der Waals surface area (Å²) in [5.41, 5.74) is 2.62. The van der Waals surface area contributed by atoms with Gasteiger partial charge in [-0.2, -0.15) is 0 Å². The summed E-state index contributed by atoms with van der Waals surface area (Å²) in [6, 6.07) is 6.81. The van der Waals surface area contributed by atoms with Crippen molar-refractivity contribution in [1.29, 1.82) is 0 Å². The Morgan fingerprint density at radius 2 is 1.38 bits per heavy atom. The monoisotopic (exact) mass is 230 g/mol. The molecule has 0 N–H and O–H groups in total. The molecular formula is C15H18S. The van der Waals surface area contributed by atoms with Crippen molar-refractivity contribution in [2.75, 3.05) is 18.8 Å². The van der Waals surface area contributed by atoms with E-state index in [0.717, 1.165) is 0 Å². The van der Waals surface area contributed by atoms with E-state index in [0.29, 0.717) is 0 Å². The Labute approximate surface area is 99.7 Å². The van der Waals surface area contributed by atoms with Gasteiger partial charge in [0.05, 0.1) is 0 Å². The molecule has 0 aliphatic heterocycles. The van der Waals surface area contributed by atoms with Crippen LogP contribution in [0.5, 0.6) is 0 Å². The minimum Gasteiger partial charge on any atom is -0.223 e. The van der Waals surface area contributed by atoms with Gasteiger partial charge in [-0.25, -0.2) is 10.0 Å². The molecule has 0 nitrogen and oxygen atoms in total. The van der Waals surface area contributed by atoms with E-state index in [4.69, 9.17) is 0 Å². The van der Waals surface area contributed by atoms with Gasteiger partial charge in [0.15, 0.2) is 0 Å². The fraction of sp³-hybridized carbons (Fsp3) is 0.200. The zero-order valence-corrected chi connectivity index (χ0v) is 10.9. The zero-order chi connectivity index (χ0) is 11.6. The summed E-state index contributed by atoms with van der Waals surface area (Å²) in [5, 5.41) is 0. The minimum atomic E-state index is -0.633. The van der Waals surface area contributed by atoms with Crippen molar-refractivity contribution in [3.63, 3.8) is 0 Å². The standard InChI is InChI=1S/C15H18S/c1-16(2,3)15-11-10-13-8-6-4-5-7-9-14(13)12-15/h4-12H,1-3H3. The van der Waals surface area contributed by atoms with Crippen LogP contribution in [0.15, 0.2) is 47.4 Å². The van der Waals surface area contributed by atoms with Crippen molar-refractivity contribution in [1.82, 2.24) is 0 Å². The van der Waals surface area contributed by atoms with E-state index in [1.54, 1.807) is 0 Å². The zero-order valence-electron chi connectivity index (χ0n) is 10.1. The summed E-state index contributed by atoms with van der Waals surface area (Å²) in [6.07, 6.45) is 19.7. The predicted molar refractivity (Wildman–Crippen MR) is 77.3 cm³/mol. The average Bonchev–Trinajstić information content (AvgIpc) is 2.16. The van der Waals surface area contributed by atoms with Crippen LogP contribution in [0.3, 0.4) is 0 Å². The van der Waals surface area contributed by atoms with E-state index in [9.17, 15) is 0 Å². The summed E-state index contributed by atoms with van der Waals surface area (Å²) in [7, 11) is -0.633. The first-order valence-corrected chi connectivity index (χ1v) is 8.27. The molecule has 84 valence electrons. The third-order valence-electron chi connectivity index (χ3n) is 2.65. The lowest BCUT2D eigenvalue weighted by atomic mass is 10.1. The number of hydrogen-bond donors (Lipinski definition) is 0. The maximum Gasteiger partial charge on any atom is -0.00999 e. The van der Waals surface area contributed by atoms with Crippen LogP contribution in [0.4, 0.5) is 0 Å². The van der Waals surface area contributed by atoms with Crippen molar-refractivity contribution in [3.05, 3.63) is 53.6 Å². The van der Waals surface area contributed by atoms with Gasteiger partial charge in [0.1, 0.15) is 0 Å². The summed E-state index contributed by atoms with van der Waals surface area (Å²) in [5.74, 6) is 0. The molecule has 0 saturated heterocycles. The van der Waals surface area contributed by atoms with Crippen molar-refractivity contribution in [2.45, 2.75) is 4.90 Å². The van der Waals surface area contributed by atoms with Gasteiger partial charge in [-0.15, -0.1) is 0 Å². The van der Waals surface area contributed by atoms with Crippen molar-refractivity contribution >= 4 is 22.2 Å². The van der Waals surface area contributed by atoms with Crippen LogP contribution in [-0.4, -0.2) is 18.8 Å². The lowest BCUT2D eigenvalue weighted by Crippen LogP contribution is -1.94. The summed E-state index contributed by atoms with van der Waals surface area (Å²) >= 11 is 0. The lowest BCUT2D eigenvalue weighted by molar-refractivity contribution is 1.40. The highest BCUT2D eigenvalue weighted by Gasteiger charge is 2.09. The summed E-state index contributed by atoms with van der Waals surface area (Å²) in [6.45, 7) is 0. The molecule has 0 bridgehead atoms. The molecular weight excluding hydrogens is 212 g/mol. The van der Waals surface area contributed by atoms with Crippen LogP contribution in [0.1, 0.15) is 11.1 Å². The van der Waals surface area contributed by atoms with Gasteiger partial charge in [-0.3, -0.25) is 0 Å². The predicted octanol–water partition coefficient (Wildman–Crippen LogP) is 4.34. The maximum atomic E-state index is 2.33. The third-order valence-corrected chi connectivity index (χ3v) is 4.32. The van der Waals surface area contributed by atoms with Crippen LogP contribution in [0.25, 0.3) is 12.2 Å². The van der Waals surface area contributed by atoms with Gasteiger partial charge in [-0.05, 0) is 46.9 Å². The SMILES string of the molecule is CS(C)(C)c1ccc2c(c1)C=CC=CC=C2. The van der Waals surface area contributed by atoms with E-state index < -0.39 is 10.0 Å². The fourth-order valence-corrected chi connectivity index (χ4v) is 2.63. The van der Waals surface area contributed by atoms with Crippen LogP contribution in [-0.2, 0) is 0 Å². The minimum absolute atomic E-state index is 0.633. The molecule has 0 spiro atoms. The Morgan fingerprint density at radius 3 is 2.00 bits per heavy atom. The van der Waals surface area contributed by atoms with Gasteiger partial charge in [0, 0.05) is 0 Å². The summed E-state index contributed by atoms with van der Waals surface area (Å²) < 4.78 is 0. The second-order valence-electron chi connectivity index (χ2n) is 4.73. The number of rotatable bonds is 1. The Bertz CT molecular complexity index is 471. The summed E-state index contributed by atoms with van der Waals surface area (Å²) in [4.78, 5) is 1.47. The quantitative estimate of drug-likeness (QED) is 0.673. The maximum absolute atomic E-state index is 2.33. The highest BCUT2D eigenvalue weighted by molar-refractivity contribution is 8.32. The van der Waals surface area contributed by atoms with Crippen molar-refractivity contribution < 1.29 is 0 Å². The van der Waals surface area contributed by atoms with Gasteiger partial charge in [0.2, 0.25) is 0 Å². The molecule has 0 fully saturated rings. The molecule has 0 aromatic heterocycles. The van der Waals surface area contributed by atoms with Crippen molar-refractivity contribution in [2.24, 2.45) is 0 Å². The van der Waals surface area contributed by atoms with Gasteiger partial charge in [-0.1, -0.05) is 42.5 Å². The normalized spacial score (nSPS) is 15.4. The first-order valence-electron chi connectivity index (χ1n) is 5.41. The van der Waals surface area contributed by atoms with E-state index >= 15 is 0 Å². The molecule has 2 rings (SSSR count). The molecule has 1 heteroatoms. The van der Waals surface area contributed by atoms with Crippen LogP contribution in [0.2, 0.25) is 0 Å². The van der Waals surface area contributed by atoms with Crippen LogP contribution in [0, 0.1) is 0 Å². The Balaban J connectivity index is 2.51. The van der Waals surface area contributed by atoms with Crippen LogP contribution >= 0.6 is 10.0 Å². The topological polar surface area (TPSA) is 0 Å². The Morgan fingerprint density at radius 1 is 0.750 bits per heavy atom. The van der Waals surface area contributed by atoms with Crippen LogP contribution < -0.4 is 0 Å². The average molecular weight is 230 g/mol. The second kappa shape index (κ2) is 4.34. The van der Waals surface area contributed by atoms with Crippen molar-refractivity contribution in [3.8, 4) is 0 Å². The molecule has 1 aromatic rings. The molecule has 0 amide bonds. The van der Waals surface area contributed by atoms with E-state index in [-0.39, 0.29) is 0 Å². The second-order valence-corrected chi connectivity index (χ2v) is 8.88. The molecule has 1 aromatic carbocycles.